The number of benzene rings is 1. The zero-order valence-corrected chi connectivity index (χ0v) is 11.9. The number of hydrogen-bond acceptors (Lipinski definition) is 2. The van der Waals surface area contributed by atoms with E-state index < -0.39 is 6.10 Å². The summed E-state index contributed by atoms with van der Waals surface area (Å²) in [7, 11) is 0. The maximum Gasteiger partial charge on any atom is 0.319 e. The lowest BCUT2D eigenvalue weighted by molar-refractivity contribution is 0.199. The lowest BCUT2D eigenvalue weighted by Crippen LogP contribution is -2.36. The second-order valence-electron chi connectivity index (χ2n) is 4.94. The number of aliphatic hydroxyl groups is 1. The van der Waals surface area contributed by atoms with Gasteiger partial charge in [-0.25, -0.2) is 4.79 Å². The molecule has 1 aromatic rings. The van der Waals surface area contributed by atoms with Gasteiger partial charge in [-0.2, -0.15) is 0 Å². The van der Waals surface area contributed by atoms with Crippen molar-refractivity contribution in [3.63, 3.8) is 0 Å². The van der Waals surface area contributed by atoms with Crippen LogP contribution in [0.4, 0.5) is 10.5 Å². The van der Waals surface area contributed by atoms with E-state index in [1.165, 1.54) is 0 Å². The van der Waals surface area contributed by atoms with Crippen molar-refractivity contribution in [3.05, 3.63) is 29.8 Å². The summed E-state index contributed by atoms with van der Waals surface area (Å²) in [5.74, 6) is 0. The maximum atomic E-state index is 11.7. The van der Waals surface area contributed by atoms with Crippen LogP contribution in [0.15, 0.2) is 24.3 Å². The van der Waals surface area contributed by atoms with Gasteiger partial charge in [0.1, 0.15) is 0 Å². The highest BCUT2D eigenvalue weighted by Gasteiger charge is 2.07. The molecule has 106 valence electrons. The van der Waals surface area contributed by atoms with Crippen molar-refractivity contribution in [3.8, 4) is 0 Å². The molecule has 1 aromatic carbocycles. The molecule has 4 heteroatoms. The molecule has 0 spiro atoms. The molecule has 0 saturated carbocycles. The number of amides is 2. The molecule has 3 N–H and O–H groups in total. The van der Waals surface area contributed by atoms with Crippen LogP contribution in [0.1, 0.15) is 51.7 Å². The van der Waals surface area contributed by atoms with Crippen LogP contribution in [0, 0.1) is 0 Å². The summed E-state index contributed by atoms with van der Waals surface area (Å²) in [5, 5.41) is 15.1. The fraction of sp³-hybridized carbons (Fsp3) is 0.533. The first-order valence-electron chi connectivity index (χ1n) is 6.88. The van der Waals surface area contributed by atoms with E-state index in [0.717, 1.165) is 30.5 Å². The van der Waals surface area contributed by atoms with Crippen molar-refractivity contribution in [2.24, 2.45) is 0 Å². The summed E-state index contributed by atoms with van der Waals surface area (Å²) in [6, 6.07) is 7.18. The maximum absolute atomic E-state index is 11.7. The number of unbranched alkanes of at least 4 members (excludes halogenated alkanes) is 1. The largest absolute Gasteiger partial charge is 0.389 e. The molecule has 0 radical (unpaired) electrons. The summed E-state index contributed by atoms with van der Waals surface area (Å²) in [6.45, 7) is 5.85. The average molecular weight is 264 g/mol. The Balaban J connectivity index is 2.43. The van der Waals surface area contributed by atoms with Gasteiger partial charge in [0.05, 0.1) is 6.10 Å². The van der Waals surface area contributed by atoms with Crippen molar-refractivity contribution < 1.29 is 9.90 Å². The lowest BCUT2D eigenvalue weighted by Gasteiger charge is -2.14. The van der Waals surface area contributed by atoms with Crippen LogP contribution in [0.2, 0.25) is 0 Å². The summed E-state index contributed by atoms with van der Waals surface area (Å²) >= 11 is 0. The van der Waals surface area contributed by atoms with E-state index in [9.17, 15) is 9.90 Å². The molecular weight excluding hydrogens is 240 g/mol. The van der Waals surface area contributed by atoms with Crippen molar-refractivity contribution in [2.75, 3.05) is 5.32 Å². The third-order valence-corrected chi connectivity index (χ3v) is 3.02. The van der Waals surface area contributed by atoms with E-state index in [1.807, 2.05) is 6.92 Å². The number of aliphatic hydroxyl groups excluding tert-OH is 1. The highest BCUT2D eigenvalue weighted by Crippen LogP contribution is 2.15. The van der Waals surface area contributed by atoms with Gasteiger partial charge >= 0.3 is 6.03 Å². The fourth-order valence-electron chi connectivity index (χ4n) is 1.82. The number of anilines is 1. The van der Waals surface area contributed by atoms with Gasteiger partial charge in [-0.3, -0.25) is 0 Å². The first-order valence-corrected chi connectivity index (χ1v) is 6.88. The molecule has 4 nitrogen and oxygen atoms in total. The highest BCUT2D eigenvalue weighted by atomic mass is 16.3. The van der Waals surface area contributed by atoms with Gasteiger partial charge in [-0.05, 0) is 38.0 Å². The van der Waals surface area contributed by atoms with Gasteiger partial charge in [0.15, 0.2) is 0 Å². The minimum absolute atomic E-state index is 0.177. The molecule has 2 amide bonds. The van der Waals surface area contributed by atoms with Gasteiger partial charge in [0.25, 0.3) is 0 Å². The van der Waals surface area contributed by atoms with E-state index in [4.69, 9.17) is 0 Å². The molecule has 0 fully saturated rings. The van der Waals surface area contributed by atoms with Gasteiger partial charge in [-0.1, -0.05) is 31.9 Å². The zero-order chi connectivity index (χ0) is 14.3. The van der Waals surface area contributed by atoms with Crippen LogP contribution in [0.25, 0.3) is 0 Å². The summed E-state index contributed by atoms with van der Waals surface area (Å²) in [4.78, 5) is 11.7. The van der Waals surface area contributed by atoms with E-state index >= 15 is 0 Å². The standard InChI is InChI=1S/C15H24N2O2/c1-4-5-6-11(2)16-15(19)17-14-9-7-13(8-10-14)12(3)18/h7-12,18H,4-6H2,1-3H3,(H2,16,17,19). The number of urea groups is 1. The Bertz CT molecular complexity index is 388. The monoisotopic (exact) mass is 264 g/mol. The molecule has 0 aromatic heterocycles. The third-order valence-electron chi connectivity index (χ3n) is 3.02. The second-order valence-corrected chi connectivity index (χ2v) is 4.94. The van der Waals surface area contributed by atoms with Gasteiger partial charge in [0, 0.05) is 11.7 Å². The zero-order valence-electron chi connectivity index (χ0n) is 11.9. The minimum atomic E-state index is -0.489. The van der Waals surface area contributed by atoms with Crippen LogP contribution >= 0.6 is 0 Å². The van der Waals surface area contributed by atoms with Crippen molar-refractivity contribution in [2.45, 2.75) is 52.2 Å². The normalized spacial score (nSPS) is 13.7. The Morgan fingerprint density at radius 3 is 2.42 bits per heavy atom. The molecular formula is C15H24N2O2. The number of hydrogen-bond donors (Lipinski definition) is 3. The van der Waals surface area contributed by atoms with E-state index in [2.05, 4.69) is 17.6 Å². The fourth-order valence-corrected chi connectivity index (χ4v) is 1.82. The molecule has 0 aliphatic rings. The van der Waals surface area contributed by atoms with Gasteiger partial charge in [-0.15, -0.1) is 0 Å². The molecule has 2 unspecified atom stereocenters. The number of nitrogens with one attached hydrogen (secondary N) is 2. The Kier molecular flexibility index (Phi) is 6.36. The SMILES string of the molecule is CCCCC(C)NC(=O)Nc1ccc(C(C)O)cc1. The van der Waals surface area contributed by atoms with Crippen LogP contribution in [0.3, 0.4) is 0 Å². The third kappa shape index (κ3) is 5.75. The smallest absolute Gasteiger partial charge is 0.319 e. The van der Waals surface area contributed by atoms with Crippen LogP contribution in [-0.2, 0) is 0 Å². The summed E-state index contributed by atoms with van der Waals surface area (Å²) in [6.07, 6.45) is 2.75. The number of rotatable bonds is 6. The molecule has 2 atom stereocenters. The highest BCUT2D eigenvalue weighted by molar-refractivity contribution is 5.89. The first-order chi connectivity index (χ1) is 9.02. The predicted octanol–water partition coefficient (Wildman–Crippen LogP) is 3.44. The Morgan fingerprint density at radius 1 is 1.26 bits per heavy atom. The van der Waals surface area contributed by atoms with E-state index in [1.54, 1.807) is 31.2 Å². The van der Waals surface area contributed by atoms with Gasteiger partial charge in [0.2, 0.25) is 0 Å². The topological polar surface area (TPSA) is 61.4 Å². The molecule has 1 rings (SSSR count). The molecule has 19 heavy (non-hydrogen) atoms. The molecule has 0 heterocycles. The van der Waals surface area contributed by atoms with Crippen LogP contribution in [0.5, 0.6) is 0 Å². The summed E-state index contributed by atoms with van der Waals surface area (Å²) < 4.78 is 0. The van der Waals surface area contributed by atoms with E-state index in [-0.39, 0.29) is 12.1 Å². The summed E-state index contributed by atoms with van der Waals surface area (Å²) in [5.41, 5.74) is 1.56. The van der Waals surface area contributed by atoms with E-state index in [0.29, 0.717) is 0 Å². The van der Waals surface area contributed by atoms with Crippen molar-refractivity contribution >= 4 is 11.7 Å². The average Bonchev–Trinajstić information content (AvgIpc) is 2.36. The molecule has 0 aliphatic carbocycles. The minimum Gasteiger partial charge on any atom is -0.389 e. The Hall–Kier alpha value is -1.55. The Labute approximate surface area is 115 Å². The Morgan fingerprint density at radius 2 is 1.89 bits per heavy atom. The predicted molar refractivity (Wildman–Crippen MR) is 78.2 cm³/mol. The van der Waals surface area contributed by atoms with Crippen molar-refractivity contribution in [1.82, 2.24) is 5.32 Å². The van der Waals surface area contributed by atoms with Crippen molar-refractivity contribution in [1.29, 1.82) is 0 Å². The molecule has 0 aliphatic heterocycles. The van der Waals surface area contributed by atoms with Crippen LogP contribution in [-0.4, -0.2) is 17.2 Å². The molecule has 0 bridgehead atoms. The first kappa shape index (κ1) is 15.5. The van der Waals surface area contributed by atoms with Gasteiger partial charge < -0.3 is 15.7 Å². The quantitative estimate of drug-likeness (QED) is 0.737. The number of carbonyl (C=O) groups excluding carboxylic acids is 1. The molecule has 0 saturated heterocycles. The number of carbonyl (C=O) groups is 1. The second kappa shape index (κ2) is 7.79. The lowest BCUT2D eigenvalue weighted by atomic mass is 10.1. The van der Waals surface area contributed by atoms with Crippen LogP contribution < -0.4 is 10.6 Å².